The highest BCUT2D eigenvalue weighted by atomic mass is 16.3. The van der Waals surface area contributed by atoms with Gasteiger partial charge in [-0.05, 0) is 24.6 Å². The molecule has 0 saturated heterocycles. The first-order chi connectivity index (χ1) is 9.10. The summed E-state index contributed by atoms with van der Waals surface area (Å²) in [5, 5.41) is 17.6. The molecule has 0 saturated carbocycles. The van der Waals surface area contributed by atoms with Crippen molar-refractivity contribution in [2.45, 2.75) is 13.3 Å². The minimum Gasteiger partial charge on any atom is -0.395 e. The topological polar surface area (TPSA) is 60.8 Å². The number of hydrogen-bond acceptors (Lipinski definition) is 3. The van der Waals surface area contributed by atoms with Crippen LogP contribution in [0.1, 0.15) is 27.9 Å². The highest BCUT2D eigenvalue weighted by molar-refractivity contribution is 5.96. The van der Waals surface area contributed by atoms with Crippen molar-refractivity contribution in [1.82, 2.24) is 4.90 Å². The van der Waals surface area contributed by atoms with Crippen molar-refractivity contribution in [3.05, 3.63) is 34.9 Å². The quantitative estimate of drug-likeness (QED) is 0.788. The second-order valence-corrected chi connectivity index (χ2v) is 4.27. The smallest absolute Gasteiger partial charge is 0.254 e. The Balaban J connectivity index is 3.06. The molecule has 19 heavy (non-hydrogen) atoms. The van der Waals surface area contributed by atoms with E-state index in [1.54, 1.807) is 13.1 Å². The van der Waals surface area contributed by atoms with E-state index in [4.69, 9.17) is 10.2 Å². The van der Waals surface area contributed by atoms with Crippen LogP contribution >= 0.6 is 0 Å². The number of aliphatic hydroxyl groups is 2. The van der Waals surface area contributed by atoms with Gasteiger partial charge in [0.2, 0.25) is 0 Å². The Bertz CT molecular complexity index is 500. The first-order valence-electron chi connectivity index (χ1n) is 6.17. The number of aliphatic hydroxyl groups excluding tert-OH is 2. The summed E-state index contributed by atoms with van der Waals surface area (Å²) in [5.74, 6) is 5.57. The van der Waals surface area contributed by atoms with Gasteiger partial charge in [-0.2, -0.15) is 0 Å². The van der Waals surface area contributed by atoms with Gasteiger partial charge < -0.3 is 15.1 Å². The lowest BCUT2D eigenvalue weighted by atomic mass is 10.0. The molecule has 0 fully saturated rings. The lowest BCUT2D eigenvalue weighted by Gasteiger charge is -2.16. The van der Waals surface area contributed by atoms with Crippen LogP contribution in [0.15, 0.2) is 18.2 Å². The summed E-state index contributed by atoms with van der Waals surface area (Å²) in [6.07, 6.45) is 0.383. The first kappa shape index (κ1) is 15.2. The number of nitrogens with zero attached hydrogens (tertiary/aromatic N) is 1. The third-order valence-electron chi connectivity index (χ3n) is 2.65. The van der Waals surface area contributed by atoms with Gasteiger partial charge in [0.15, 0.2) is 0 Å². The van der Waals surface area contributed by atoms with E-state index >= 15 is 0 Å². The fraction of sp³-hybridized carbons (Fsp3) is 0.400. The van der Waals surface area contributed by atoms with Gasteiger partial charge in [-0.1, -0.05) is 17.9 Å². The van der Waals surface area contributed by atoms with Gasteiger partial charge in [-0.25, -0.2) is 0 Å². The Hall–Kier alpha value is -1.83. The number of carbonyl (C=O) groups excluding carboxylic acids is 1. The number of rotatable bonds is 4. The van der Waals surface area contributed by atoms with Crippen molar-refractivity contribution < 1.29 is 15.0 Å². The summed E-state index contributed by atoms with van der Waals surface area (Å²) in [5.41, 5.74) is 2.20. The van der Waals surface area contributed by atoms with Crippen molar-refractivity contribution in [2.24, 2.45) is 0 Å². The highest BCUT2D eigenvalue weighted by Gasteiger charge is 2.14. The molecule has 0 aliphatic heterocycles. The third kappa shape index (κ3) is 4.40. The van der Waals surface area contributed by atoms with Gasteiger partial charge in [0.25, 0.3) is 5.91 Å². The van der Waals surface area contributed by atoms with Crippen LogP contribution in [0.4, 0.5) is 0 Å². The van der Waals surface area contributed by atoms with E-state index in [0.29, 0.717) is 17.5 Å². The molecule has 0 heterocycles. The Kier molecular flexibility index (Phi) is 6.07. The number of benzene rings is 1. The summed E-state index contributed by atoms with van der Waals surface area (Å²) >= 11 is 0. The molecule has 1 aromatic carbocycles. The molecule has 0 atom stereocenters. The van der Waals surface area contributed by atoms with Crippen LogP contribution in [0.3, 0.4) is 0 Å². The van der Waals surface area contributed by atoms with Gasteiger partial charge in [0, 0.05) is 25.6 Å². The predicted molar refractivity (Wildman–Crippen MR) is 73.8 cm³/mol. The van der Waals surface area contributed by atoms with Crippen LogP contribution < -0.4 is 0 Å². The van der Waals surface area contributed by atoms with Crippen molar-refractivity contribution in [2.75, 3.05) is 26.8 Å². The maximum atomic E-state index is 12.2. The monoisotopic (exact) mass is 261 g/mol. The summed E-state index contributed by atoms with van der Waals surface area (Å²) in [7, 11) is 1.64. The molecule has 2 N–H and O–H groups in total. The Morgan fingerprint density at radius 2 is 2.05 bits per heavy atom. The molecule has 1 aromatic rings. The van der Waals surface area contributed by atoms with Crippen LogP contribution in [0.25, 0.3) is 0 Å². The largest absolute Gasteiger partial charge is 0.395 e. The zero-order valence-corrected chi connectivity index (χ0v) is 11.3. The molecule has 0 unspecified atom stereocenters. The van der Waals surface area contributed by atoms with Gasteiger partial charge in [0.05, 0.1) is 18.8 Å². The molecule has 1 amide bonds. The van der Waals surface area contributed by atoms with Crippen LogP contribution in [-0.4, -0.2) is 47.8 Å². The molecule has 0 aliphatic carbocycles. The van der Waals surface area contributed by atoms with Crippen molar-refractivity contribution in [1.29, 1.82) is 0 Å². The highest BCUT2D eigenvalue weighted by Crippen LogP contribution is 2.13. The Morgan fingerprint density at radius 3 is 2.68 bits per heavy atom. The zero-order chi connectivity index (χ0) is 14.3. The molecule has 102 valence electrons. The Labute approximate surface area is 113 Å². The van der Waals surface area contributed by atoms with Gasteiger partial charge in [-0.3, -0.25) is 4.79 Å². The summed E-state index contributed by atoms with van der Waals surface area (Å²) < 4.78 is 0. The molecule has 0 radical (unpaired) electrons. The molecule has 4 heteroatoms. The van der Waals surface area contributed by atoms with E-state index in [9.17, 15) is 4.79 Å². The van der Waals surface area contributed by atoms with E-state index in [2.05, 4.69) is 11.8 Å². The zero-order valence-electron chi connectivity index (χ0n) is 11.3. The third-order valence-corrected chi connectivity index (χ3v) is 2.65. The normalized spacial score (nSPS) is 9.68. The number of amides is 1. The van der Waals surface area contributed by atoms with Crippen molar-refractivity contribution in [3.8, 4) is 11.8 Å². The summed E-state index contributed by atoms with van der Waals surface area (Å²) in [4.78, 5) is 13.7. The molecular formula is C15H19NO3. The van der Waals surface area contributed by atoms with E-state index in [0.717, 1.165) is 5.56 Å². The number of likely N-dealkylation sites (N-methyl/N-ethyl adjacent to an activating group) is 1. The number of aryl methyl sites for hydroxylation is 1. The second-order valence-electron chi connectivity index (χ2n) is 4.27. The molecule has 0 spiro atoms. The fourth-order valence-corrected chi connectivity index (χ4v) is 1.62. The molecule has 0 aliphatic rings. The predicted octanol–water partition coefficient (Wildman–Crippen LogP) is 0.793. The average Bonchev–Trinajstić information content (AvgIpc) is 2.39. The maximum Gasteiger partial charge on any atom is 0.254 e. The number of carbonyl (C=O) groups is 1. The van der Waals surface area contributed by atoms with Crippen LogP contribution in [0, 0.1) is 18.8 Å². The van der Waals surface area contributed by atoms with E-state index < -0.39 is 0 Å². The summed E-state index contributed by atoms with van der Waals surface area (Å²) in [6.45, 7) is 2.16. The van der Waals surface area contributed by atoms with Gasteiger partial charge in [-0.15, -0.1) is 0 Å². The summed E-state index contributed by atoms with van der Waals surface area (Å²) in [6, 6.07) is 5.45. The second kappa shape index (κ2) is 7.57. The van der Waals surface area contributed by atoms with E-state index in [-0.39, 0.29) is 25.7 Å². The molecular weight excluding hydrogens is 242 g/mol. The van der Waals surface area contributed by atoms with E-state index in [1.165, 1.54) is 4.90 Å². The molecule has 0 aromatic heterocycles. The Morgan fingerprint density at radius 1 is 1.32 bits per heavy atom. The van der Waals surface area contributed by atoms with Crippen LogP contribution in [-0.2, 0) is 0 Å². The number of hydrogen-bond donors (Lipinski definition) is 2. The maximum absolute atomic E-state index is 12.2. The first-order valence-corrected chi connectivity index (χ1v) is 6.17. The standard InChI is InChI=1S/C15H19NO3/c1-12-6-7-14(15(19)16(2)8-10-18)13(11-12)5-3-4-9-17/h6-7,11,17-18H,4,8-10H2,1-2H3. The molecule has 4 nitrogen and oxygen atoms in total. The van der Waals surface area contributed by atoms with E-state index in [1.807, 2.05) is 19.1 Å². The van der Waals surface area contributed by atoms with Gasteiger partial charge in [0.1, 0.15) is 0 Å². The van der Waals surface area contributed by atoms with Crippen molar-refractivity contribution >= 4 is 5.91 Å². The average molecular weight is 261 g/mol. The SMILES string of the molecule is Cc1ccc(C(=O)N(C)CCO)c(C#CCCO)c1. The minimum absolute atomic E-state index is 0.00646. The lowest BCUT2D eigenvalue weighted by Crippen LogP contribution is -2.30. The lowest BCUT2D eigenvalue weighted by molar-refractivity contribution is 0.0766. The molecule has 1 rings (SSSR count). The van der Waals surface area contributed by atoms with Crippen molar-refractivity contribution in [3.63, 3.8) is 0 Å². The van der Waals surface area contributed by atoms with Crippen LogP contribution in [0.2, 0.25) is 0 Å². The molecule has 0 bridgehead atoms. The van der Waals surface area contributed by atoms with Crippen LogP contribution in [0.5, 0.6) is 0 Å². The minimum atomic E-state index is -0.164. The van der Waals surface area contributed by atoms with Gasteiger partial charge >= 0.3 is 0 Å². The fourth-order valence-electron chi connectivity index (χ4n) is 1.62.